The highest BCUT2D eigenvalue weighted by atomic mass is 35.5. The van der Waals surface area contributed by atoms with Gasteiger partial charge in [0.05, 0.1) is 16.7 Å². The number of rotatable bonds is 7. The molecule has 1 fully saturated rings. The minimum absolute atomic E-state index is 0. The standard InChI is InChI=1S/C20H27N3OS.2ClH/c21-17(13-15-7-3-1-4-8-15)20(24)22-12-11-19-23-18(14-25-19)16-9-5-2-6-10-16;;/h1,3-4,7-8,14,16-17H,2,5-6,9-13,21H2,(H,22,24);2*1H. The normalized spacial score (nSPS) is 15.3. The molecule has 0 aliphatic heterocycles. The molecule has 1 atom stereocenters. The Bertz CT molecular complexity index is 675. The lowest BCUT2D eigenvalue weighted by molar-refractivity contribution is -0.122. The van der Waals surface area contributed by atoms with E-state index in [1.165, 1.54) is 37.8 Å². The monoisotopic (exact) mass is 429 g/mol. The van der Waals surface area contributed by atoms with Crippen molar-refractivity contribution >= 4 is 42.1 Å². The van der Waals surface area contributed by atoms with Crippen LogP contribution in [0.3, 0.4) is 0 Å². The van der Waals surface area contributed by atoms with E-state index in [1.54, 1.807) is 11.3 Å². The highest BCUT2D eigenvalue weighted by Gasteiger charge is 2.18. The molecular weight excluding hydrogens is 401 g/mol. The molecule has 1 aromatic heterocycles. The first-order chi connectivity index (χ1) is 12.2. The molecule has 27 heavy (non-hydrogen) atoms. The number of thiazole rings is 1. The number of hydrogen-bond acceptors (Lipinski definition) is 4. The fraction of sp³-hybridized carbons (Fsp3) is 0.500. The number of carbonyl (C=O) groups excluding carboxylic acids is 1. The fourth-order valence-corrected chi connectivity index (χ4v) is 4.29. The molecule has 1 aliphatic carbocycles. The largest absolute Gasteiger partial charge is 0.354 e. The molecule has 7 heteroatoms. The molecule has 0 bridgehead atoms. The van der Waals surface area contributed by atoms with Crippen LogP contribution in [0, 0.1) is 0 Å². The summed E-state index contributed by atoms with van der Waals surface area (Å²) in [5.41, 5.74) is 8.35. The van der Waals surface area contributed by atoms with Crippen molar-refractivity contribution in [3.63, 3.8) is 0 Å². The van der Waals surface area contributed by atoms with E-state index >= 15 is 0 Å². The summed E-state index contributed by atoms with van der Waals surface area (Å²) in [5.74, 6) is 0.556. The molecule has 1 aromatic carbocycles. The van der Waals surface area contributed by atoms with Crippen LogP contribution in [0.1, 0.15) is 54.3 Å². The molecule has 0 saturated heterocycles. The number of halogens is 2. The van der Waals surface area contributed by atoms with Crippen molar-refractivity contribution in [3.8, 4) is 0 Å². The lowest BCUT2D eigenvalue weighted by Gasteiger charge is -2.19. The Labute approximate surface area is 178 Å². The maximum absolute atomic E-state index is 12.1. The molecule has 3 rings (SSSR count). The van der Waals surface area contributed by atoms with Crippen molar-refractivity contribution in [2.45, 2.75) is 56.9 Å². The molecule has 1 aliphatic rings. The summed E-state index contributed by atoms with van der Waals surface area (Å²) >= 11 is 1.71. The molecule has 1 amide bonds. The van der Waals surface area contributed by atoms with Gasteiger partial charge in [-0.3, -0.25) is 4.79 Å². The molecule has 1 saturated carbocycles. The zero-order valence-corrected chi connectivity index (χ0v) is 17.9. The van der Waals surface area contributed by atoms with Crippen molar-refractivity contribution < 1.29 is 4.79 Å². The molecule has 150 valence electrons. The molecule has 2 aromatic rings. The average molecular weight is 430 g/mol. The Morgan fingerprint density at radius 3 is 2.59 bits per heavy atom. The number of nitrogens with zero attached hydrogens (tertiary/aromatic N) is 1. The topological polar surface area (TPSA) is 68.0 Å². The van der Waals surface area contributed by atoms with E-state index in [-0.39, 0.29) is 30.7 Å². The van der Waals surface area contributed by atoms with Crippen molar-refractivity contribution in [1.82, 2.24) is 10.3 Å². The third-order valence-electron chi connectivity index (χ3n) is 4.87. The fourth-order valence-electron chi connectivity index (χ4n) is 3.41. The van der Waals surface area contributed by atoms with Gasteiger partial charge in [-0.1, -0.05) is 49.6 Å². The maximum Gasteiger partial charge on any atom is 0.237 e. The first-order valence-corrected chi connectivity index (χ1v) is 10.1. The summed E-state index contributed by atoms with van der Waals surface area (Å²) in [6.07, 6.45) is 7.90. The van der Waals surface area contributed by atoms with Crippen LogP contribution in [0.5, 0.6) is 0 Å². The van der Waals surface area contributed by atoms with Gasteiger partial charge < -0.3 is 11.1 Å². The predicted molar refractivity (Wildman–Crippen MR) is 117 cm³/mol. The Balaban J connectivity index is 0.00000182. The minimum atomic E-state index is -0.503. The molecule has 0 radical (unpaired) electrons. The van der Waals surface area contributed by atoms with Crippen LogP contribution in [0.2, 0.25) is 0 Å². The number of nitrogens with two attached hydrogens (primary N) is 1. The van der Waals surface area contributed by atoms with E-state index in [4.69, 9.17) is 10.7 Å². The molecule has 0 spiro atoms. The Kier molecular flexibility index (Phi) is 10.9. The van der Waals surface area contributed by atoms with Gasteiger partial charge in [-0.25, -0.2) is 4.98 Å². The van der Waals surface area contributed by atoms with Gasteiger partial charge in [0, 0.05) is 24.3 Å². The van der Waals surface area contributed by atoms with Gasteiger partial charge >= 0.3 is 0 Å². The SMILES string of the molecule is Cl.Cl.NC(Cc1ccccc1)C(=O)NCCc1nc(C2CCCCC2)cs1. The average Bonchev–Trinajstić information content (AvgIpc) is 3.12. The number of benzene rings is 1. The number of nitrogens with one attached hydrogen (secondary N) is 1. The summed E-state index contributed by atoms with van der Waals surface area (Å²) in [7, 11) is 0. The summed E-state index contributed by atoms with van der Waals surface area (Å²) in [5, 5.41) is 6.25. The molecule has 4 nitrogen and oxygen atoms in total. The van der Waals surface area contributed by atoms with E-state index in [2.05, 4.69) is 10.7 Å². The minimum Gasteiger partial charge on any atom is -0.354 e. The first-order valence-electron chi connectivity index (χ1n) is 9.24. The molecular formula is C20H29Cl2N3OS. The van der Waals surface area contributed by atoms with Crippen LogP contribution < -0.4 is 11.1 Å². The predicted octanol–water partition coefficient (Wildman–Crippen LogP) is 4.26. The van der Waals surface area contributed by atoms with Crippen molar-refractivity contribution in [2.24, 2.45) is 5.73 Å². The van der Waals surface area contributed by atoms with Crippen LogP contribution >= 0.6 is 36.2 Å². The Hall–Kier alpha value is -1.14. The Morgan fingerprint density at radius 2 is 1.89 bits per heavy atom. The van der Waals surface area contributed by atoms with E-state index in [0.29, 0.717) is 18.9 Å². The van der Waals surface area contributed by atoms with Crippen LogP contribution in [0.15, 0.2) is 35.7 Å². The number of aromatic nitrogens is 1. The van der Waals surface area contributed by atoms with Gasteiger partial charge in [-0.05, 0) is 24.8 Å². The second kappa shape index (κ2) is 12.3. The lowest BCUT2D eigenvalue weighted by atomic mass is 9.87. The summed E-state index contributed by atoms with van der Waals surface area (Å²) in [6.45, 7) is 0.596. The van der Waals surface area contributed by atoms with Gasteiger partial charge in [0.15, 0.2) is 0 Å². The maximum atomic E-state index is 12.1. The number of carbonyl (C=O) groups is 1. The van der Waals surface area contributed by atoms with Crippen LogP contribution in [0.25, 0.3) is 0 Å². The van der Waals surface area contributed by atoms with Gasteiger partial charge in [0.1, 0.15) is 0 Å². The molecule has 1 unspecified atom stereocenters. The number of amides is 1. The van der Waals surface area contributed by atoms with Crippen LogP contribution in [-0.4, -0.2) is 23.5 Å². The second-order valence-corrected chi connectivity index (χ2v) is 7.78. The summed E-state index contributed by atoms with van der Waals surface area (Å²) in [6, 6.07) is 9.38. The lowest BCUT2D eigenvalue weighted by Crippen LogP contribution is -2.42. The third-order valence-corrected chi connectivity index (χ3v) is 5.79. The van der Waals surface area contributed by atoms with E-state index in [9.17, 15) is 4.79 Å². The highest BCUT2D eigenvalue weighted by molar-refractivity contribution is 7.09. The van der Waals surface area contributed by atoms with Crippen molar-refractivity contribution in [1.29, 1.82) is 0 Å². The van der Waals surface area contributed by atoms with E-state index in [0.717, 1.165) is 17.0 Å². The summed E-state index contributed by atoms with van der Waals surface area (Å²) in [4.78, 5) is 16.9. The van der Waals surface area contributed by atoms with Gasteiger partial charge in [0.2, 0.25) is 5.91 Å². The zero-order chi connectivity index (χ0) is 17.5. The third kappa shape index (κ3) is 7.41. The Morgan fingerprint density at radius 1 is 1.19 bits per heavy atom. The molecule has 1 heterocycles. The van der Waals surface area contributed by atoms with E-state index < -0.39 is 6.04 Å². The first kappa shape index (κ1) is 23.9. The smallest absolute Gasteiger partial charge is 0.237 e. The van der Waals surface area contributed by atoms with Gasteiger partial charge in [0.25, 0.3) is 0 Å². The van der Waals surface area contributed by atoms with Crippen molar-refractivity contribution in [3.05, 3.63) is 52.0 Å². The van der Waals surface area contributed by atoms with Gasteiger partial charge in [-0.15, -0.1) is 36.2 Å². The van der Waals surface area contributed by atoms with Crippen molar-refractivity contribution in [2.75, 3.05) is 6.54 Å². The van der Waals surface area contributed by atoms with Gasteiger partial charge in [-0.2, -0.15) is 0 Å². The van der Waals surface area contributed by atoms with Crippen LogP contribution in [0.4, 0.5) is 0 Å². The second-order valence-electron chi connectivity index (χ2n) is 6.84. The van der Waals surface area contributed by atoms with E-state index in [1.807, 2.05) is 30.3 Å². The number of hydrogen-bond donors (Lipinski definition) is 2. The molecule has 3 N–H and O–H groups in total. The highest BCUT2D eigenvalue weighted by Crippen LogP contribution is 2.33. The zero-order valence-electron chi connectivity index (χ0n) is 15.4. The quantitative estimate of drug-likeness (QED) is 0.690. The summed E-state index contributed by atoms with van der Waals surface area (Å²) < 4.78 is 0. The van der Waals surface area contributed by atoms with Crippen LogP contribution in [-0.2, 0) is 17.6 Å².